The van der Waals surface area contributed by atoms with Crippen LogP contribution in [0.3, 0.4) is 0 Å². The molecule has 3 N–H and O–H groups in total. The molecular formula is C17H26N2O3S. The van der Waals surface area contributed by atoms with Crippen LogP contribution in [0.2, 0.25) is 0 Å². The lowest BCUT2D eigenvalue weighted by molar-refractivity contribution is 0.119. The third-order valence-electron chi connectivity index (χ3n) is 4.25. The second kappa shape index (κ2) is 9.15. The zero-order valence-electron chi connectivity index (χ0n) is 13.5. The summed E-state index contributed by atoms with van der Waals surface area (Å²) in [5.41, 5.74) is 0. The molecule has 1 aliphatic rings. The average molecular weight is 338 g/mol. The summed E-state index contributed by atoms with van der Waals surface area (Å²) in [6.45, 7) is 4.08. The van der Waals surface area contributed by atoms with Crippen LogP contribution < -0.4 is 5.32 Å². The number of hydrogen-bond acceptors (Lipinski definition) is 4. The van der Waals surface area contributed by atoms with Crippen molar-refractivity contribution in [2.45, 2.75) is 42.5 Å². The van der Waals surface area contributed by atoms with Crippen molar-refractivity contribution in [2.75, 3.05) is 19.7 Å². The lowest BCUT2D eigenvalue weighted by Crippen LogP contribution is -2.44. The summed E-state index contributed by atoms with van der Waals surface area (Å²) in [6, 6.07) is 10.1. The van der Waals surface area contributed by atoms with Crippen molar-refractivity contribution in [1.29, 1.82) is 0 Å². The molecule has 2 rings (SSSR count). The van der Waals surface area contributed by atoms with Crippen LogP contribution in [0, 0.1) is 5.92 Å². The SMILES string of the molecule is C[C@H](C[C@H](Sc1ccccc1)N1CCC(CO)CC1)NC(=O)O. The van der Waals surface area contributed by atoms with Gasteiger partial charge in [-0.25, -0.2) is 4.79 Å². The standard InChI is InChI=1S/C17H26N2O3S/c1-13(18-17(21)22)11-16(23-15-5-3-2-4-6-15)19-9-7-14(12-20)8-10-19/h2-6,13-14,16,18,20H,7-12H2,1H3,(H,21,22)/t13-,16+/m1/s1. The van der Waals surface area contributed by atoms with Crippen molar-refractivity contribution < 1.29 is 15.0 Å². The van der Waals surface area contributed by atoms with Crippen LogP contribution in [0.25, 0.3) is 0 Å². The smallest absolute Gasteiger partial charge is 0.404 e. The molecule has 0 aliphatic carbocycles. The number of likely N-dealkylation sites (tertiary alicyclic amines) is 1. The minimum Gasteiger partial charge on any atom is -0.465 e. The molecule has 0 bridgehead atoms. The Morgan fingerprint density at radius 1 is 1.35 bits per heavy atom. The van der Waals surface area contributed by atoms with Crippen molar-refractivity contribution in [3.63, 3.8) is 0 Å². The number of aliphatic hydroxyl groups excluding tert-OH is 1. The van der Waals surface area contributed by atoms with Crippen molar-refractivity contribution in [2.24, 2.45) is 5.92 Å². The number of carboxylic acid groups (broad SMARTS) is 1. The summed E-state index contributed by atoms with van der Waals surface area (Å²) in [4.78, 5) is 14.5. The molecule has 6 heteroatoms. The highest BCUT2D eigenvalue weighted by atomic mass is 32.2. The zero-order chi connectivity index (χ0) is 16.7. The van der Waals surface area contributed by atoms with Crippen LogP contribution in [-0.4, -0.2) is 52.3 Å². The molecule has 0 aromatic heterocycles. The van der Waals surface area contributed by atoms with E-state index < -0.39 is 6.09 Å². The quantitative estimate of drug-likeness (QED) is 0.667. The molecule has 5 nitrogen and oxygen atoms in total. The summed E-state index contributed by atoms with van der Waals surface area (Å²) in [6.07, 6.45) is 1.79. The van der Waals surface area contributed by atoms with Gasteiger partial charge < -0.3 is 15.5 Å². The number of carbonyl (C=O) groups is 1. The maximum atomic E-state index is 10.8. The normalized spacial score (nSPS) is 19.2. The highest BCUT2D eigenvalue weighted by Gasteiger charge is 2.27. The number of rotatable bonds is 7. The van der Waals surface area contributed by atoms with E-state index in [9.17, 15) is 9.90 Å². The van der Waals surface area contributed by atoms with Crippen LogP contribution in [0.1, 0.15) is 26.2 Å². The highest BCUT2D eigenvalue weighted by Crippen LogP contribution is 2.31. The summed E-state index contributed by atoms with van der Waals surface area (Å²) < 4.78 is 0. The maximum Gasteiger partial charge on any atom is 0.404 e. The predicted molar refractivity (Wildman–Crippen MR) is 92.7 cm³/mol. The molecule has 1 saturated heterocycles. The van der Waals surface area contributed by atoms with Gasteiger partial charge in [0.05, 0.1) is 5.37 Å². The molecule has 0 spiro atoms. The van der Waals surface area contributed by atoms with E-state index in [1.807, 2.05) is 25.1 Å². The van der Waals surface area contributed by atoms with Crippen molar-refractivity contribution in [1.82, 2.24) is 10.2 Å². The molecule has 1 aliphatic heterocycles. The second-order valence-electron chi connectivity index (χ2n) is 6.13. The molecule has 23 heavy (non-hydrogen) atoms. The van der Waals surface area contributed by atoms with E-state index in [0.29, 0.717) is 5.92 Å². The Labute approximate surface area is 142 Å². The van der Waals surface area contributed by atoms with Gasteiger partial charge in [-0.2, -0.15) is 0 Å². The molecule has 1 amide bonds. The fourth-order valence-corrected chi connectivity index (χ4v) is 4.30. The van der Waals surface area contributed by atoms with Gasteiger partial charge in [-0.1, -0.05) is 18.2 Å². The number of nitrogens with zero attached hydrogens (tertiary/aromatic N) is 1. The van der Waals surface area contributed by atoms with Gasteiger partial charge >= 0.3 is 6.09 Å². The van der Waals surface area contributed by atoms with Crippen LogP contribution >= 0.6 is 11.8 Å². The first-order valence-corrected chi connectivity index (χ1v) is 9.02. The number of nitrogens with one attached hydrogen (secondary N) is 1. The van der Waals surface area contributed by atoms with Gasteiger partial charge in [0.15, 0.2) is 0 Å². The fraction of sp³-hybridized carbons (Fsp3) is 0.588. The fourth-order valence-electron chi connectivity index (χ4n) is 2.92. The van der Waals surface area contributed by atoms with Crippen LogP contribution in [0.4, 0.5) is 4.79 Å². The summed E-state index contributed by atoms with van der Waals surface area (Å²) >= 11 is 1.79. The molecular weight excluding hydrogens is 312 g/mol. The molecule has 2 atom stereocenters. The Bertz CT molecular complexity index is 478. The molecule has 0 saturated carbocycles. The lowest BCUT2D eigenvalue weighted by Gasteiger charge is -2.37. The Kier molecular flexibility index (Phi) is 7.20. The topological polar surface area (TPSA) is 72.8 Å². The van der Waals surface area contributed by atoms with Crippen molar-refractivity contribution in [3.05, 3.63) is 30.3 Å². The average Bonchev–Trinajstić information content (AvgIpc) is 2.54. The van der Waals surface area contributed by atoms with Crippen molar-refractivity contribution in [3.8, 4) is 0 Å². The minimum absolute atomic E-state index is 0.0933. The van der Waals surface area contributed by atoms with Gasteiger partial charge in [0.25, 0.3) is 0 Å². The molecule has 1 heterocycles. The first-order chi connectivity index (χ1) is 11.1. The van der Waals surface area contributed by atoms with Gasteiger partial charge in [-0.05, 0) is 57.3 Å². The predicted octanol–water partition coefficient (Wildman–Crippen LogP) is 2.86. The number of benzene rings is 1. The Hall–Kier alpha value is -1.24. The number of hydrogen-bond donors (Lipinski definition) is 3. The Balaban J connectivity index is 2.00. The first kappa shape index (κ1) is 18.1. The van der Waals surface area contributed by atoms with Gasteiger partial charge in [-0.15, -0.1) is 11.8 Å². The van der Waals surface area contributed by atoms with Crippen LogP contribution in [0.15, 0.2) is 35.2 Å². The number of thioether (sulfide) groups is 1. The highest BCUT2D eigenvalue weighted by molar-refractivity contribution is 7.99. The molecule has 1 aromatic rings. The molecule has 128 valence electrons. The minimum atomic E-state index is -0.972. The number of piperidine rings is 1. The van der Waals surface area contributed by atoms with E-state index in [2.05, 4.69) is 22.3 Å². The monoisotopic (exact) mass is 338 g/mol. The summed E-state index contributed by atoms with van der Waals surface area (Å²) in [5.74, 6) is 0.406. The number of amides is 1. The molecule has 0 unspecified atom stereocenters. The zero-order valence-corrected chi connectivity index (χ0v) is 14.3. The first-order valence-electron chi connectivity index (χ1n) is 8.14. The Morgan fingerprint density at radius 2 is 2.00 bits per heavy atom. The van der Waals surface area contributed by atoms with Gasteiger partial charge in [-0.3, -0.25) is 4.90 Å². The van der Waals surface area contributed by atoms with E-state index in [4.69, 9.17) is 5.11 Å². The van der Waals surface area contributed by atoms with Crippen LogP contribution in [-0.2, 0) is 0 Å². The van der Waals surface area contributed by atoms with Crippen LogP contribution in [0.5, 0.6) is 0 Å². The maximum absolute atomic E-state index is 10.8. The molecule has 0 radical (unpaired) electrons. The van der Waals surface area contributed by atoms with E-state index in [-0.39, 0.29) is 18.0 Å². The van der Waals surface area contributed by atoms with E-state index in [1.54, 1.807) is 11.8 Å². The van der Waals surface area contributed by atoms with Gasteiger partial charge in [0, 0.05) is 17.5 Å². The third-order valence-corrected chi connectivity index (χ3v) is 5.56. The lowest BCUT2D eigenvalue weighted by atomic mass is 9.97. The molecule has 1 aromatic carbocycles. The van der Waals surface area contributed by atoms with E-state index >= 15 is 0 Å². The summed E-state index contributed by atoms with van der Waals surface area (Å²) in [5, 5.41) is 21.0. The van der Waals surface area contributed by atoms with Gasteiger partial charge in [0.1, 0.15) is 0 Å². The largest absolute Gasteiger partial charge is 0.465 e. The second-order valence-corrected chi connectivity index (χ2v) is 7.38. The van der Waals surface area contributed by atoms with Crippen molar-refractivity contribution >= 4 is 17.9 Å². The van der Waals surface area contributed by atoms with Gasteiger partial charge in [0.2, 0.25) is 0 Å². The number of aliphatic hydroxyl groups is 1. The summed E-state index contributed by atoms with van der Waals surface area (Å²) in [7, 11) is 0. The van der Waals surface area contributed by atoms with E-state index in [0.717, 1.165) is 32.4 Å². The third kappa shape index (κ3) is 6.05. The molecule has 1 fully saturated rings. The van der Waals surface area contributed by atoms with E-state index in [1.165, 1.54) is 4.90 Å². The Morgan fingerprint density at radius 3 is 2.57 bits per heavy atom.